The molecule has 0 saturated carbocycles. The third kappa shape index (κ3) is 4.64. The van der Waals surface area contributed by atoms with Crippen molar-refractivity contribution < 1.29 is 19.0 Å². The molecule has 0 spiro atoms. The van der Waals surface area contributed by atoms with Crippen molar-refractivity contribution in [3.8, 4) is 17.2 Å². The Bertz CT molecular complexity index is 1130. The second kappa shape index (κ2) is 9.75. The first-order valence-electron chi connectivity index (χ1n) is 11.0. The van der Waals surface area contributed by atoms with Crippen molar-refractivity contribution in [1.82, 2.24) is 0 Å². The fourth-order valence-electron chi connectivity index (χ4n) is 4.12. The number of benzene rings is 3. The number of anilines is 1. The first kappa shape index (κ1) is 23.0. The number of methoxy groups -OCH3 is 2. The van der Waals surface area contributed by atoms with Crippen molar-refractivity contribution >= 4 is 23.2 Å². The Kier molecular flexibility index (Phi) is 6.80. The van der Waals surface area contributed by atoms with Gasteiger partial charge in [-0.1, -0.05) is 30.7 Å². The molecule has 2 atom stereocenters. The number of carbonyl (C=O) groups excluding carboxylic acids is 1. The normalized spacial score (nSPS) is 16.2. The maximum Gasteiger partial charge on any atom is 0.232 e. The number of hydrogen-bond donors (Lipinski definition) is 0. The second-order valence-corrected chi connectivity index (χ2v) is 8.57. The molecular weight excluding hydrogens is 438 g/mol. The molecule has 0 aliphatic carbocycles. The maximum absolute atomic E-state index is 13.5. The van der Waals surface area contributed by atoms with Gasteiger partial charge in [-0.2, -0.15) is 0 Å². The SMILES string of the molecule is CC[C@H](C)Oc1cc2c(cc1OC)CC(=O)N(c1ccc(OC)cc1)C2c1ccc(Cl)cc1. The first-order chi connectivity index (χ1) is 15.9. The highest BCUT2D eigenvalue weighted by Crippen LogP contribution is 2.44. The predicted octanol–water partition coefficient (Wildman–Crippen LogP) is 6.21. The van der Waals surface area contributed by atoms with Crippen molar-refractivity contribution in [2.24, 2.45) is 0 Å². The van der Waals surface area contributed by atoms with Crippen LogP contribution in [0, 0.1) is 0 Å². The van der Waals surface area contributed by atoms with Gasteiger partial charge in [-0.15, -0.1) is 0 Å². The predicted molar refractivity (Wildman–Crippen MR) is 131 cm³/mol. The molecule has 0 saturated heterocycles. The zero-order valence-corrected chi connectivity index (χ0v) is 20.1. The van der Waals surface area contributed by atoms with Crippen LogP contribution in [-0.4, -0.2) is 26.2 Å². The minimum atomic E-state index is -0.336. The fraction of sp³-hybridized carbons (Fsp3) is 0.296. The van der Waals surface area contributed by atoms with Crippen LogP contribution in [0.1, 0.15) is 43.0 Å². The molecule has 3 aromatic rings. The van der Waals surface area contributed by atoms with E-state index in [1.165, 1.54) is 0 Å². The minimum absolute atomic E-state index is 0.00487. The van der Waals surface area contributed by atoms with Crippen LogP contribution in [0.2, 0.25) is 5.02 Å². The second-order valence-electron chi connectivity index (χ2n) is 8.13. The summed E-state index contributed by atoms with van der Waals surface area (Å²) in [4.78, 5) is 15.3. The van der Waals surface area contributed by atoms with E-state index in [-0.39, 0.29) is 24.5 Å². The largest absolute Gasteiger partial charge is 0.497 e. The monoisotopic (exact) mass is 465 g/mol. The van der Waals surface area contributed by atoms with Crippen LogP contribution in [0.25, 0.3) is 0 Å². The van der Waals surface area contributed by atoms with E-state index < -0.39 is 0 Å². The van der Waals surface area contributed by atoms with Crippen LogP contribution in [-0.2, 0) is 11.2 Å². The Morgan fingerprint density at radius 2 is 1.70 bits per heavy atom. The van der Waals surface area contributed by atoms with Crippen LogP contribution in [0.4, 0.5) is 5.69 Å². The van der Waals surface area contributed by atoms with Gasteiger partial charge >= 0.3 is 0 Å². The molecule has 0 bridgehead atoms. The molecule has 0 radical (unpaired) electrons. The van der Waals surface area contributed by atoms with Crippen molar-refractivity contribution in [3.63, 3.8) is 0 Å². The van der Waals surface area contributed by atoms with E-state index in [2.05, 4.69) is 6.92 Å². The summed E-state index contributed by atoms with van der Waals surface area (Å²) in [6.07, 6.45) is 1.18. The molecule has 1 aliphatic heterocycles. The van der Waals surface area contributed by atoms with E-state index in [4.69, 9.17) is 25.8 Å². The highest BCUT2D eigenvalue weighted by molar-refractivity contribution is 6.30. The van der Waals surface area contributed by atoms with Gasteiger partial charge in [0, 0.05) is 10.7 Å². The zero-order chi connectivity index (χ0) is 23.5. The number of rotatable bonds is 7. The van der Waals surface area contributed by atoms with E-state index in [0.717, 1.165) is 34.5 Å². The number of amides is 1. The Morgan fingerprint density at radius 1 is 1.00 bits per heavy atom. The molecule has 0 N–H and O–H groups in total. The van der Waals surface area contributed by atoms with Crippen molar-refractivity contribution in [3.05, 3.63) is 82.4 Å². The molecule has 172 valence electrons. The number of fused-ring (bicyclic) bond motifs is 1. The maximum atomic E-state index is 13.5. The van der Waals surface area contributed by atoms with E-state index in [0.29, 0.717) is 16.5 Å². The van der Waals surface area contributed by atoms with Crippen LogP contribution < -0.4 is 19.1 Å². The van der Waals surface area contributed by atoms with Crippen LogP contribution in [0.15, 0.2) is 60.7 Å². The van der Waals surface area contributed by atoms with E-state index >= 15 is 0 Å². The van der Waals surface area contributed by atoms with E-state index in [9.17, 15) is 4.79 Å². The number of halogens is 1. The fourth-order valence-corrected chi connectivity index (χ4v) is 4.24. The summed E-state index contributed by atoms with van der Waals surface area (Å²) >= 11 is 6.17. The van der Waals surface area contributed by atoms with Crippen molar-refractivity contribution in [2.75, 3.05) is 19.1 Å². The summed E-state index contributed by atoms with van der Waals surface area (Å²) in [7, 11) is 3.25. The number of hydrogen-bond acceptors (Lipinski definition) is 4. The van der Waals surface area contributed by atoms with Gasteiger partial charge in [0.25, 0.3) is 0 Å². The van der Waals surface area contributed by atoms with Gasteiger partial charge in [0.05, 0.1) is 32.8 Å². The highest BCUT2D eigenvalue weighted by atomic mass is 35.5. The molecule has 1 heterocycles. The third-order valence-corrected chi connectivity index (χ3v) is 6.28. The minimum Gasteiger partial charge on any atom is -0.497 e. The summed E-state index contributed by atoms with van der Waals surface area (Å²) < 4.78 is 17.1. The van der Waals surface area contributed by atoms with Gasteiger partial charge < -0.3 is 19.1 Å². The molecule has 1 aliphatic rings. The lowest BCUT2D eigenvalue weighted by Gasteiger charge is -2.38. The third-order valence-electron chi connectivity index (χ3n) is 6.03. The molecule has 5 nitrogen and oxygen atoms in total. The van der Waals surface area contributed by atoms with Gasteiger partial charge in [-0.3, -0.25) is 4.79 Å². The van der Waals surface area contributed by atoms with Crippen molar-refractivity contribution in [1.29, 1.82) is 0 Å². The number of carbonyl (C=O) groups is 1. The molecule has 33 heavy (non-hydrogen) atoms. The van der Waals surface area contributed by atoms with Crippen LogP contribution >= 0.6 is 11.6 Å². The Hall–Kier alpha value is -3.18. The van der Waals surface area contributed by atoms with Crippen LogP contribution in [0.5, 0.6) is 17.2 Å². The highest BCUT2D eigenvalue weighted by Gasteiger charge is 2.36. The van der Waals surface area contributed by atoms with Gasteiger partial charge in [-0.25, -0.2) is 0 Å². The molecule has 1 unspecified atom stereocenters. The molecule has 1 amide bonds. The van der Waals surface area contributed by atoms with E-state index in [1.807, 2.05) is 72.5 Å². The Morgan fingerprint density at radius 3 is 2.30 bits per heavy atom. The lowest BCUT2D eigenvalue weighted by atomic mass is 9.86. The number of nitrogens with zero attached hydrogens (tertiary/aromatic N) is 1. The van der Waals surface area contributed by atoms with Gasteiger partial charge in [0.1, 0.15) is 5.75 Å². The Balaban J connectivity index is 1.89. The van der Waals surface area contributed by atoms with Gasteiger partial charge in [0.15, 0.2) is 11.5 Å². The first-order valence-corrected chi connectivity index (χ1v) is 11.4. The average molecular weight is 466 g/mol. The van der Waals surface area contributed by atoms with Gasteiger partial charge in [-0.05, 0) is 78.6 Å². The van der Waals surface area contributed by atoms with Gasteiger partial charge in [0.2, 0.25) is 5.91 Å². The Labute approximate surface area is 199 Å². The number of ether oxygens (including phenoxy) is 3. The summed E-state index contributed by atoms with van der Waals surface area (Å²) in [6, 6.07) is 18.8. The summed E-state index contributed by atoms with van der Waals surface area (Å²) in [5, 5.41) is 0.646. The lowest BCUT2D eigenvalue weighted by molar-refractivity contribution is -0.118. The molecule has 4 rings (SSSR count). The summed E-state index contributed by atoms with van der Waals surface area (Å²) in [6.45, 7) is 4.11. The molecule has 0 fully saturated rings. The topological polar surface area (TPSA) is 48.0 Å². The van der Waals surface area contributed by atoms with Crippen LogP contribution in [0.3, 0.4) is 0 Å². The molecule has 0 aromatic heterocycles. The molecule has 6 heteroatoms. The summed E-state index contributed by atoms with van der Waals surface area (Å²) in [5.41, 5.74) is 3.70. The van der Waals surface area contributed by atoms with Crippen molar-refractivity contribution in [2.45, 2.75) is 38.8 Å². The summed E-state index contributed by atoms with van der Waals surface area (Å²) in [5.74, 6) is 2.05. The quantitative estimate of drug-likeness (QED) is 0.416. The average Bonchev–Trinajstić information content (AvgIpc) is 2.83. The standard InChI is InChI=1S/C27H28ClNO4/c1-5-17(2)33-25-16-23-19(14-24(25)32-4)15-26(30)29(21-10-12-22(31-3)13-11-21)27(23)18-6-8-20(28)9-7-18/h6-14,16-17,27H,5,15H2,1-4H3/t17-,27?/m0/s1. The molecule has 3 aromatic carbocycles. The smallest absolute Gasteiger partial charge is 0.232 e. The lowest BCUT2D eigenvalue weighted by Crippen LogP contribution is -2.41. The molecular formula is C27H28ClNO4. The zero-order valence-electron chi connectivity index (χ0n) is 19.3. The van der Waals surface area contributed by atoms with E-state index in [1.54, 1.807) is 14.2 Å².